The Hall–Kier alpha value is -2.69. The van der Waals surface area contributed by atoms with E-state index in [0.29, 0.717) is 17.2 Å². The summed E-state index contributed by atoms with van der Waals surface area (Å²) >= 11 is 0. The number of amides is 2. The summed E-state index contributed by atoms with van der Waals surface area (Å²) in [7, 11) is 3.15. The van der Waals surface area contributed by atoms with E-state index in [1.165, 1.54) is 11.1 Å². The van der Waals surface area contributed by atoms with Crippen LogP contribution >= 0.6 is 0 Å². The monoisotopic (exact) mass is 312 g/mol. The number of carbonyl (C=O) groups is 1. The highest BCUT2D eigenvalue weighted by Gasteiger charge is 2.23. The average Bonchev–Trinajstić information content (AvgIpc) is 2.97. The molecule has 2 aromatic carbocycles. The summed E-state index contributed by atoms with van der Waals surface area (Å²) in [5.41, 5.74) is 3.14. The molecule has 0 bridgehead atoms. The Morgan fingerprint density at radius 3 is 2.48 bits per heavy atom. The number of urea groups is 1. The van der Waals surface area contributed by atoms with Crippen LogP contribution in [0.5, 0.6) is 11.5 Å². The molecule has 2 amide bonds. The van der Waals surface area contributed by atoms with Gasteiger partial charge in [-0.3, -0.25) is 0 Å². The number of anilines is 1. The van der Waals surface area contributed by atoms with E-state index in [2.05, 4.69) is 22.8 Å². The van der Waals surface area contributed by atoms with Crippen molar-refractivity contribution in [3.8, 4) is 11.5 Å². The Bertz CT molecular complexity index is 693. The molecular weight excluding hydrogens is 292 g/mol. The van der Waals surface area contributed by atoms with Crippen molar-refractivity contribution in [2.24, 2.45) is 0 Å². The molecule has 5 nitrogen and oxygen atoms in total. The molecule has 0 spiro atoms. The quantitative estimate of drug-likeness (QED) is 0.908. The zero-order valence-electron chi connectivity index (χ0n) is 13.3. The number of aryl methyl sites for hydroxylation is 1. The molecule has 0 heterocycles. The fraction of sp³-hybridized carbons (Fsp3) is 0.278. The summed E-state index contributed by atoms with van der Waals surface area (Å²) in [5, 5.41) is 5.87. The Labute approximate surface area is 135 Å². The lowest BCUT2D eigenvalue weighted by molar-refractivity contribution is 0.248. The standard InChI is InChI=1S/C18H20N2O3/c1-22-14-9-13(10-15(11-14)23-2)19-18(21)20-17-8-7-12-5-3-4-6-16(12)17/h3-6,9-11,17H,7-8H2,1-2H3,(H2,19,20,21). The average molecular weight is 312 g/mol. The molecule has 2 N–H and O–H groups in total. The molecule has 3 rings (SSSR count). The number of ether oxygens (including phenoxy) is 2. The van der Waals surface area contributed by atoms with Gasteiger partial charge in [0.2, 0.25) is 0 Å². The van der Waals surface area contributed by atoms with Crippen molar-refractivity contribution in [3.63, 3.8) is 0 Å². The first-order chi connectivity index (χ1) is 11.2. The largest absolute Gasteiger partial charge is 0.497 e. The Balaban J connectivity index is 1.69. The van der Waals surface area contributed by atoms with Gasteiger partial charge in [-0.2, -0.15) is 0 Å². The summed E-state index contributed by atoms with van der Waals surface area (Å²) in [6.07, 6.45) is 1.92. The van der Waals surface area contributed by atoms with Crippen molar-refractivity contribution >= 4 is 11.7 Å². The van der Waals surface area contributed by atoms with Crippen molar-refractivity contribution in [2.75, 3.05) is 19.5 Å². The maximum absolute atomic E-state index is 12.3. The number of hydrogen-bond acceptors (Lipinski definition) is 3. The van der Waals surface area contributed by atoms with E-state index in [-0.39, 0.29) is 12.1 Å². The van der Waals surface area contributed by atoms with E-state index >= 15 is 0 Å². The van der Waals surface area contributed by atoms with Crippen molar-refractivity contribution in [3.05, 3.63) is 53.6 Å². The zero-order chi connectivity index (χ0) is 16.2. The SMILES string of the molecule is COc1cc(NC(=O)NC2CCc3ccccc32)cc(OC)c1. The molecule has 1 atom stereocenters. The van der Waals surface area contributed by atoms with Gasteiger partial charge in [0, 0.05) is 23.9 Å². The molecule has 0 saturated heterocycles. The molecule has 2 aromatic rings. The third-order valence-electron chi connectivity index (χ3n) is 4.05. The summed E-state index contributed by atoms with van der Waals surface area (Å²) in [4.78, 5) is 12.3. The van der Waals surface area contributed by atoms with E-state index in [1.807, 2.05) is 12.1 Å². The summed E-state index contributed by atoms with van der Waals surface area (Å²) in [6.45, 7) is 0. The molecular formula is C18H20N2O3. The molecule has 1 aliphatic rings. The molecule has 0 fully saturated rings. The molecule has 23 heavy (non-hydrogen) atoms. The second kappa shape index (κ2) is 6.60. The van der Waals surface area contributed by atoms with Crippen LogP contribution in [0.2, 0.25) is 0 Å². The van der Waals surface area contributed by atoms with E-state index in [4.69, 9.17) is 9.47 Å². The Morgan fingerprint density at radius 2 is 1.78 bits per heavy atom. The predicted molar refractivity (Wildman–Crippen MR) is 89.2 cm³/mol. The van der Waals surface area contributed by atoms with E-state index in [9.17, 15) is 4.79 Å². The van der Waals surface area contributed by atoms with Crippen LogP contribution < -0.4 is 20.1 Å². The van der Waals surface area contributed by atoms with Crippen molar-refractivity contribution in [1.29, 1.82) is 0 Å². The third-order valence-corrected chi connectivity index (χ3v) is 4.05. The first-order valence-corrected chi connectivity index (χ1v) is 7.58. The van der Waals surface area contributed by atoms with Gasteiger partial charge in [-0.05, 0) is 24.0 Å². The molecule has 0 radical (unpaired) electrons. The minimum atomic E-state index is -0.234. The molecule has 0 aliphatic heterocycles. The van der Waals surface area contributed by atoms with Gasteiger partial charge in [0.05, 0.1) is 20.3 Å². The number of rotatable bonds is 4. The smallest absolute Gasteiger partial charge is 0.319 e. The van der Waals surface area contributed by atoms with Crippen LogP contribution in [-0.4, -0.2) is 20.3 Å². The normalized spacial score (nSPS) is 15.7. The van der Waals surface area contributed by atoms with Crippen molar-refractivity contribution in [2.45, 2.75) is 18.9 Å². The fourth-order valence-electron chi connectivity index (χ4n) is 2.91. The third kappa shape index (κ3) is 3.39. The van der Waals surface area contributed by atoms with Gasteiger partial charge in [0.15, 0.2) is 0 Å². The number of methoxy groups -OCH3 is 2. The van der Waals surface area contributed by atoms with Gasteiger partial charge in [-0.25, -0.2) is 4.79 Å². The highest BCUT2D eigenvalue weighted by Crippen LogP contribution is 2.31. The van der Waals surface area contributed by atoms with Crippen molar-refractivity contribution in [1.82, 2.24) is 5.32 Å². The first-order valence-electron chi connectivity index (χ1n) is 7.58. The number of carbonyl (C=O) groups excluding carboxylic acids is 1. The van der Waals surface area contributed by atoms with Crippen LogP contribution in [0.25, 0.3) is 0 Å². The summed E-state index contributed by atoms with van der Waals surface area (Å²) in [5.74, 6) is 1.26. The van der Waals surface area contributed by atoms with Crippen LogP contribution in [0.4, 0.5) is 10.5 Å². The molecule has 120 valence electrons. The summed E-state index contributed by atoms with van der Waals surface area (Å²) in [6, 6.07) is 13.3. The highest BCUT2D eigenvalue weighted by molar-refractivity contribution is 5.90. The highest BCUT2D eigenvalue weighted by atomic mass is 16.5. The van der Waals surface area contributed by atoms with Crippen LogP contribution in [0.15, 0.2) is 42.5 Å². The summed E-state index contributed by atoms with van der Waals surface area (Å²) < 4.78 is 10.4. The second-order valence-corrected chi connectivity index (χ2v) is 5.49. The minimum Gasteiger partial charge on any atom is -0.497 e. The lowest BCUT2D eigenvalue weighted by atomic mass is 10.1. The molecule has 1 aliphatic carbocycles. The van der Waals surface area contributed by atoms with Crippen LogP contribution in [0.3, 0.4) is 0 Å². The lowest BCUT2D eigenvalue weighted by Crippen LogP contribution is -2.31. The fourth-order valence-corrected chi connectivity index (χ4v) is 2.91. The van der Waals surface area contributed by atoms with Gasteiger partial charge < -0.3 is 20.1 Å². The second-order valence-electron chi connectivity index (χ2n) is 5.49. The first kappa shape index (κ1) is 15.2. The Morgan fingerprint density at radius 1 is 1.09 bits per heavy atom. The van der Waals surface area contributed by atoms with Gasteiger partial charge in [0.1, 0.15) is 11.5 Å². The predicted octanol–water partition coefficient (Wildman–Crippen LogP) is 3.51. The van der Waals surface area contributed by atoms with E-state index in [0.717, 1.165) is 12.8 Å². The minimum absolute atomic E-state index is 0.0544. The number of fused-ring (bicyclic) bond motifs is 1. The maximum Gasteiger partial charge on any atom is 0.319 e. The van der Waals surface area contributed by atoms with Crippen molar-refractivity contribution < 1.29 is 14.3 Å². The van der Waals surface area contributed by atoms with E-state index in [1.54, 1.807) is 32.4 Å². The maximum atomic E-state index is 12.3. The molecule has 5 heteroatoms. The van der Waals surface area contributed by atoms with E-state index < -0.39 is 0 Å². The van der Waals surface area contributed by atoms with Gasteiger partial charge in [-0.1, -0.05) is 24.3 Å². The lowest BCUT2D eigenvalue weighted by Gasteiger charge is -2.15. The number of hydrogen-bond donors (Lipinski definition) is 2. The number of benzene rings is 2. The van der Waals surface area contributed by atoms with Gasteiger partial charge in [-0.15, -0.1) is 0 Å². The van der Waals surface area contributed by atoms with Gasteiger partial charge >= 0.3 is 6.03 Å². The molecule has 0 aromatic heterocycles. The Kier molecular flexibility index (Phi) is 4.37. The topological polar surface area (TPSA) is 59.6 Å². The van der Waals surface area contributed by atoms with Crippen LogP contribution in [0.1, 0.15) is 23.6 Å². The zero-order valence-corrected chi connectivity index (χ0v) is 13.3. The number of nitrogens with one attached hydrogen (secondary N) is 2. The van der Waals surface area contributed by atoms with Gasteiger partial charge in [0.25, 0.3) is 0 Å². The van der Waals surface area contributed by atoms with Crippen LogP contribution in [0, 0.1) is 0 Å². The molecule has 1 unspecified atom stereocenters. The molecule has 0 saturated carbocycles. The van der Waals surface area contributed by atoms with Crippen LogP contribution in [-0.2, 0) is 6.42 Å².